The summed E-state index contributed by atoms with van der Waals surface area (Å²) >= 11 is 0. The van der Waals surface area contributed by atoms with E-state index in [-0.39, 0.29) is 23.3 Å². The van der Waals surface area contributed by atoms with Crippen LogP contribution in [0.15, 0.2) is 48.5 Å². The fourth-order valence-corrected chi connectivity index (χ4v) is 3.20. The predicted octanol–water partition coefficient (Wildman–Crippen LogP) is 2.16. The molecule has 2 amide bonds. The summed E-state index contributed by atoms with van der Waals surface area (Å²) in [5.74, 6) is -0.339. The van der Waals surface area contributed by atoms with Gasteiger partial charge in [0.15, 0.2) is 0 Å². The number of anilines is 1. The smallest absolute Gasteiger partial charge is 0.253 e. The molecule has 29 heavy (non-hydrogen) atoms. The van der Waals surface area contributed by atoms with Gasteiger partial charge in [0.25, 0.3) is 5.91 Å². The molecule has 3 rings (SSSR count). The van der Waals surface area contributed by atoms with E-state index in [9.17, 15) is 19.8 Å². The van der Waals surface area contributed by atoms with Crippen LogP contribution in [-0.4, -0.2) is 72.1 Å². The highest BCUT2D eigenvalue weighted by Crippen LogP contribution is 2.21. The van der Waals surface area contributed by atoms with E-state index >= 15 is 0 Å². The summed E-state index contributed by atoms with van der Waals surface area (Å²) in [6.07, 6.45) is 2.96. The molecule has 0 radical (unpaired) electrons. The number of hydrogen-bond donors (Lipinski definition) is 2. The Morgan fingerprint density at radius 2 is 1.45 bits per heavy atom. The zero-order valence-electron chi connectivity index (χ0n) is 16.6. The molecule has 0 aromatic heterocycles. The summed E-state index contributed by atoms with van der Waals surface area (Å²) in [6, 6.07) is 11.6. The summed E-state index contributed by atoms with van der Waals surface area (Å²) in [4.78, 5) is 30.5. The van der Waals surface area contributed by atoms with E-state index in [1.165, 1.54) is 24.3 Å². The highest BCUT2D eigenvalue weighted by Gasteiger charge is 2.23. The Morgan fingerprint density at radius 3 is 2.00 bits per heavy atom. The molecule has 1 aliphatic heterocycles. The first-order valence-electron chi connectivity index (χ1n) is 9.40. The van der Waals surface area contributed by atoms with Crippen LogP contribution in [0.1, 0.15) is 15.9 Å². The largest absolute Gasteiger partial charge is 0.508 e. The number of phenolic OH excluding ortho intramolecular Hbond substituents is 2. The molecule has 2 N–H and O–H groups in total. The number of benzene rings is 2. The van der Waals surface area contributed by atoms with E-state index < -0.39 is 0 Å². The number of piperazine rings is 1. The molecule has 1 fully saturated rings. The van der Waals surface area contributed by atoms with Crippen LogP contribution in [0.25, 0.3) is 6.08 Å². The van der Waals surface area contributed by atoms with E-state index in [0.29, 0.717) is 37.3 Å². The number of rotatable bonds is 4. The summed E-state index contributed by atoms with van der Waals surface area (Å²) < 4.78 is 0. The van der Waals surface area contributed by atoms with E-state index in [2.05, 4.69) is 0 Å². The molecule has 7 heteroatoms. The molecule has 0 spiro atoms. The fourth-order valence-electron chi connectivity index (χ4n) is 3.20. The van der Waals surface area contributed by atoms with Crippen LogP contribution < -0.4 is 4.90 Å². The van der Waals surface area contributed by atoms with Crippen molar-refractivity contribution in [1.82, 2.24) is 9.80 Å². The van der Waals surface area contributed by atoms with Gasteiger partial charge in [0.2, 0.25) is 5.91 Å². The monoisotopic (exact) mass is 395 g/mol. The molecule has 2 aromatic carbocycles. The van der Waals surface area contributed by atoms with Gasteiger partial charge >= 0.3 is 0 Å². The number of phenols is 2. The van der Waals surface area contributed by atoms with E-state index in [1.54, 1.807) is 15.9 Å². The molecule has 0 saturated carbocycles. The number of hydrogen-bond acceptors (Lipinski definition) is 5. The van der Waals surface area contributed by atoms with Crippen LogP contribution in [0.3, 0.4) is 0 Å². The van der Waals surface area contributed by atoms with Gasteiger partial charge in [-0.05, 0) is 48.0 Å². The third-order valence-electron chi connectivity index (χ3n) is 4.85. The Kier molecular flexibility index (Phi) is 6.07. The summed E-state index contributed by atoms with van der Waals surface area (Å²) in [6.45, 7) is 1.85. The van der Waals surface area contributed by atoms with Gasteiger partial charge in [-0.1, -0.05) is 0 Å². The maximum atomic E-state index is 12.7. The zero-order chi connectivity index (χ0) is 21.0. The Labute approximate surface area is 170 Å². The normalized spacial score (nSPS) is 14.3. The van der Waals surface area contributed by atoms with Gasteiger partial charge in [-0.15, -0.1) is 0 Å². The van der Waals surface area contributed by atoms with Crippen LogP contribution in [0.2, 0.25) is 0 Å². The van der Waals surface area contributed by atoms with Gasteiger partial charge < -0.3 is 24.9 Å². The molecule has 0 atom stereocenters. The average Bonchev–Trinajstić information content (AvgIpc) is 2.71. The Bertz CT molecular complexity index is 894. The lowest BCUT2D eigenvalue weighted by Gasteiger charge is -2.34. The van der Waals surface area contributed by atoms with Crippen LogP contribution in [0.5, 0.6) is 11.5 Å². The van der Waals surface area contributed by atoms with Crippen molar-refractivity contribution in [1.29, 1.82) is 0 Å². The molecule has 7 nitrogen and oxygen atoms in total. The maximum absolute atomic E-state index is 12.7. The van der Waals surface area contributed by atoms with Crippen LogP contribution >= 0.6 is 0 Å². The summed E-state index contributed by atoms with van der Waals surface area (Å²) in [5, 5.41) is 19.0. The van der Waals surface area contributed by atoms with Gasteiger partial charge in [-0.2, -0.15) is 0 Å². The topological polar surface area (TPSA) is 84.3 Å². The lowest BCUT2D eigenvalue weighted by atomic mass is 10.1. The van der Waals surface area contributed by atoms with Gasteiger partial charge in [0.1, 0.15) is 11.5 Å². The van der Waals surface area contributed by atoms with E-state index in [1.807, 2.05) is 43.3 Å². The number of carbonyl (C=O) groups is 2. The zero-order valence-corrected chi connectivity index (χ0v) is 16.6. The number of carbonyl (C=O) groups excluding carboxylic acids is 2. The molecular weight excluding hydrogens is 370 g/mol. The van der Waals surface area contributed by atoms with Gasteiger partial charge in [-0.3, -0.25) is 9.59 Å². The highest BCUT2D eigenvalue weighted by atomic mass is 16.3. The molecule has 1 saturated heterocycles. The third-order valence-corrected chi connectivity index (χ3v) is 4.85. The van der Waals surface area contributed by atoms with Crippen molar-refractivity contribution in [3.8, 4) is 11.5 Å². The second kappa shape index (κ2) is 8.68. The van der Waals surface area contributed by atoms with Crippen LogP contribution in [-0.2, 0) is 4.79 Å². The maximum Gasteiger partial charge on any atom is 0.253 e. The van der Waals surface area contributed by atoms with Gasteiger partial charge in [-0.25, -0.2) is 0 Å². The Balaban J connectivity index is 1.56. The number of aromatic hydroxyl groups is 2. The van der Waals surface area contributed by atoms with Crippen molar-refractivity contribution in [3.05, 3.63) is 59.7 Å². The average molecular weight is 395 g/mol. The molecule has 152 valence electrons. The van der Waals surface area contributed by atoms with Crippen molar-refractivity contribution >= 4 is 23.6 Å². The predicted molar refractivity (Wildman–Crippen MR) is 112 cm³/mol. The molecule has 0 bridgehead atoms. The van der Waals surface area contributed by atoms with E-state index in [4.69, 9.17) is 0 Å². The molecule has 1 aliphatic rings. The fraction of sp³-hybridized carbons (Fsp3) is 0.273. The van der Waals surface area contributed by atoms with E-state index in [0.717, 1.165) is 5.69 Å². The number of nitrogens with zero attached hydrogens (tertiary/aromatic N) is 3. The standard InChI is InChI=1S/C22H25N3O4/c1-23(2)18-6-4-17(5-7-18)22(29)25-11-9-24(10-12-25)21(28)8-3-16-13-19(26)15-20(27)14-16/h3-8,13-15,26-27H,9-12H2,1-2H3/b8-3+. The first-order chi connectivity index (χ1) is 13.8. The lowest BCUT2D eigenvalue weighted by molar-refractivity contribution is -0.127. The molecule has 2 aromatic rings. The van der Waals surface area contributed by atoms with Crippen LogP contribution in [0, 0.1) is 0 Å². The quantitative estimate of drug-likeness (QED) is 0.775. The van der Waals surface area contributed by atoms with Crippen molar-refractivity contribution in [3.63, 3.8) is 0 Å². The first-order valence-corrected chi connectivity index (χ1v) is 9.40. The molecule has 1 heterocycles. The minimum absolute atomic E-state index is 0.0341. The molecule has 0 aliphatic carbocycles. The Hall–Kier alpha value is -3.48. The van der Waals surface area contributed by atoms with Crippen LogP contribution in [0.4, 0.5) is 5.69 Å². The number of amides is 2. The van der Waals surface area contributed by atoms with Crippen molar-refractivity contribution in [2.45, 2.75) is 0 Å². The first kappa shape index (κ1) is 20.3. The van der Waals surface area contributed by atoms with Crippen molar-refractivity contribution < 1.29 is 19.8 Å². The second-order valence-electron chi connectivity index (χ2n) is 7.17. The summed E-state index contributed by atoms with van der Waals surface area (Å²) in [5.41, 5.74) is 2.20. The minimum Gasteiger partial charge on any atom is -0.508 e. The summed E-state index contributed by atoms with van der Waals surface area (Å²) in [7, 11) is 3.90. The lowest BCUT2D eigenvalue weighted by Crippen LogP contribution is -2.50. The van der Waals surface area contributed by atoms with Gasteiger partial charge in [0.05, 0.1) is 0 Å². The van der Waals surface area contributed by atoms with Crippen molar-refractivity contribution in [2.24, 2.45) is 0 Å². The second-order valence-corrected chi connectivity index (χ2v) is 7.17. The molecular formula is C22H25N3O4. The Morgan fingerprint density at radius 1 is 0.897 bits per heavy atom. The minimum atomic E-state index is -0.171. The SMILES string of the molecule is CN(C)c1ccc(C(=O)N2CCN(C(=O)/C=C/c3cc(O)cc(O)c3)CC2)cc1. The highest BCUT2D eigenvalue weighted by molar-refractivity contribution is 5.95. The third kappa shape index (κ3) is 5.07. The van der Waals surface area contributed by atoms with Gasteiger partial charge in [0, 0.05) is 63.7 Å². The van der Waals surface area contributed by atoms with Crippen molar-refractivity contribution in [2.75, 3.05) is 45.2 Å². The molecule has 0 unspecified atom stereocenters.